The lowest BCUT2D eigenvalue weighted by Gasteiger charge is -2.11. The second-order valence-corrected chi connectivity index (χ2v) is 6.28. The normalized spacial score (nSPS) is 15.7. The lowest BCUT2D eigenvalue weighted by atomic mass is 9.97. The predicted octanol–water partition coefficient (Wildman–Crippen LogP) is 3.81. The predicted molar refractivity (Wildman–Crippen MR) is 86.4 cm³/mol. The van der Waals surface area contributed by atoms with Crippen LogP contribution in [-0.2, 0) is 9.53 Å². The molecule has 1 aromatic rings. The molecule has 0 amide bonds. The quantitative estimate of drug-likeness (QED) is 0.676. The molecule has 0 spiro atoms. The van der Waals surface area contributed by atoms with Gasteiger partial charge in [-0.05, 0) is 32.8 Å². The molecule has 0 aromatic carbocycles. The van der Waals surface area contributed by atoms with E-state index in [0.717, 1.165) is 10.4 Å². The van der Waals surface area contributed by atoms with E-state index in [1.165, 1.54) is 17.6 Å². The van der Waals surface area contributed by atoms with Gasteiger partial charge >= 0.3 is 5.97 Å². The Labute approximate surface area is 133 Å². The van der Waals surface area contributed by atoms with Crippen LogP contribution < -0.4 is 0 Å². The van der Waals surface area contributed by atoms with Crippen molar-refractivity contribution >= 4 is 34.3 Å². The number of rotatable bonds is 4. The number of aryl methyl sites for hydroxylation is 1. The van der Waals surface area contributed by atoms with Crippen LogP contribution in [0.5, 0.6) is 0 Å². The number of aliphatic hydroxyl groups excluding tert-OH is 1. The smallest absolute Gasteiger partial charge is 0.341 e. The molecule has 1 aliphatic rings. The molecule has 0 bridgehead atoms. The van der Waals surface area contributed by atoms with Crippen molar-refractivity contribution in [3.63, 3.8) is 0 Å². The number of carbonyl (C=O) groups is 2. The van der Waals surface area contributed by atoms with Gasteiger partial charge in [0.25, 0.3) is 0 Å². The number of hydrogen-bond acceptors (Lipinski definition) is 6. The minimum Gasteiger partial charge on any atom is -0.512 e. The molecule has 0 aliphatic heterocycles. The van der Waals surface area contributed by atoms with Gasteiger partial charge in [-0.2, -0.15) is 0 Å². The van der Waals surface area contributed by atoms with E-state index in [-0.39, 0.29) is 17.1 Å². The Morgan fingerprint density at radius 2 is 2.14 bits per heavy atom. The van der Waals surface area contributed by atoms with Crippen LogP contribution in [0.15, 0.2) is 16.3 Å². The number of ketones is 1. The second-order valence-electron chi connectivity index (χ2n) is 5.08. The van der Waals surface area contributed by atoms with Crippen LogP contribution in [-0.4, -0.2) is 29.7 Å². The van der Waals surface area contributed by atoms with Crippen molar-refractivity contribution in [3.8, 4) is 0 Å². The zero-order valence-electron chi connectivity index (χ0n) is 12.9. The SMILES string of the molecule is CCOC(=O)c1c(N=CC2=C(O)CCCC2=O)sc(C)c1C. The summed E-state index contributed by atoms with van der Waals surface area (Å²) in [5.41, 5.74) is 1.51. The summed E-state index contributed by atoms with van der Waals surface area (Å²) >= 11 is 1.37. The summed E-state index contributed by atoms with van der Waals surface area (Å²) in [5, 5.41) is 10.3. The Hall–Kier alpha value is -1.95. The van der Waals surface area contributed by atoms with E-state index in [2.05, 4.69) is 4.99 Å². The number of carbonyl (C=O) groups excluding carboxylic acids is 2. The monoisotopic (exact) mass is 321 g/mol. The van der Waals surface area contributed by atoms with Crippen LogP contribution in [0.4, 0.5) is 5.00 Å². The molecule has 1 aliphatic carbocycles. The molecule has 1 N–H and O–H groups in total. The molecule has 118 valence electrons. The number of aliphatic imine (C=N–C) groups is 1. The van der Waals surface area contributed by atoms with Gasteiger partial charge in [0.05, 0.1) is 17.7 Å². The zero-order valence-corrected chi connectivity index (χ0v) is 13.7. The molecular weight excluding hydrogens is 302 g/mol. The molecule has 0 saturated carbocycles. The Morgan fingerprint density at radius 3 is 2.77 bits per heavy atom. The van der Waals surface area contributed by atoms with Gasteiger partial charge in [0, 0.05) is 23.9 Å². The Bertz CT molecular complexity index is 670. The van der Waals surface area contributed by atoms with Gasteiger partial charge in [0.1, 0.15) is 10.8 Å². The van der Waals surface area contributed by atoms with Crippen molar-refractivity contribution in [2.75, 3.05) is 6.61 Å². The molecule has 22 heavy (non-hydrogen) atoms. The maximum absolute atomic E-state index is 12.1. The third-order valence-corrected chi connectivity index (χ3v) is 4.70. The number of esters is 1. The molecule has 0 saturated heterocycles. The molecule has 0 atom stereocenters. The number of ether oxygens (including phenoxy) is 1. The van der Waals surface area contributed by atoms with Crippen LogP contribution >= 0.6 is 11.3 Å². The number of thiophene rings is 1. The van der Waals surface area contributed by atoms with E-state index >= 15 is 0 Å². The number of allylic oxidation sites excluding steroid dienone is 2. The van der Waals surface area contributed by atoms with Crippen molar-refractivity contribution < 1.29 is 19.4 Å². The van der Waals surface area contributed by atoms with Crippen molar-refractivity contribution in [1.82, 2.24) is 0 Å². The molecule has 0 unspecified atom stereocenters. The molecule has 0 radical (unpaired) electrons. The highest BCUT2D eigenvalue weighted by molar-refractivity contribution is 7.16. The summed E-state index contributed by atoms with van der Waals surface area (Å²) in [6, 6.07) is 0. The summed E-state index contributed by atoms with van der Waals surface area (Å²) in [7, 11) is 0. The average molecular weight is 321 g/mol. The molecule has 2 rings (SSSR count). The minimum atomic E-state index is -0.412. The summed E-state index contributed by atoms with van der Waals surface area (Å²) in [6.07, 6.45) is 2.93. The zero-order chi connectivity index (χ0) is 16.3. The van der Waals surface area contributed by atoms with E-state index < -0.39 is 5.97 Å². The Morgan fingerprint density at radius 1 is 1.41 bits per heavy atom. The van der Waals surface area contributed by atoms with Crippen molar-refractivity contribution in [3.05, 3.63) is 27.3 Å². The van der Waals surface area contributed by atoms with E-state index in [1.807, 2.05) is 13.8 Å². The molecule has 1 heterocycles. The maximum atomic E-state index is 12.1. The summed E-state index contributed by atoms with van der Waals surface area (Å²) in [6.45, 7) is 5.80. The Balaban J connectivity index is 2.37. The first-order valence-corrected chi connectivity index (χ1v) is 8.03. The van der Waals surface area contributed by atoms with Crippen LogP contribution in [0, 0.1) is 13.8 Å². The number of Topliss-reactive ketones (excluding diaryl/α,β-unsaturated/α-hetero) is 1. The van der Waals surface area contributed by atoms with Gasteiger partial charge in [0.2, 0.25) is 0 Å². The second kappa shape index (κ2) is 6.87. The summed E-state index contributed by atoms with van der Waals surface area (Å²) in [5.74, 6) is -0.456. The average Bonchev–Trinajstić information content (AvgIpc) is 2.74. The highest BCUT2D eigenvalue weighted by Gasteiger charge is 2.22. The van der Waals surface area contributed by atoms with Gasteiger partial charge in [-0.3, -0.25) is 4.79 Å². The van der Waals surface area contributed by atoms with E-state index in [1.54, 1.807) is 6.92 Å². The van der Waals surface area contributed by atoms with E-state index in [0.29, 0.717) is 36.4 Å². The highest BCUT2D eigenvalue weighted by Crippen LogP contribution is 2.35. The number of nitrogens with zero attached hydrogens (tertiary/aromatic N) is 1. The van der Waals surface area contributed by atoms with Crippen LogP contribution in [0.1, 0.15) is 47.0 Å². The summed E-state index contributed by atoms with van der Waals surface area (Å²) < 4.78 is 5.06. The molecular formula is C16H19NO4S. The Kier molecular flexibility index (Phi) is 5.13. The highest BCUT2D eigenvalue weighted by atomic mass is 32.1. The van der Waals surface area contributed by atoms with Gasteiger partial charge < -0.3 is 9.84 Å². The van der Waals surface area contributed by atoms with Gasteiger partial charge in [-0.15, -0.1) is 11.3 Å². The minimum absolute atomic E-state index is 0.0719. The number of hydrogen-bond donors (Lipinski definition) is 1. The van der Waals surface area contributed by atoms with Gasteiger partial charge in [-0.25, -0.2) is 9.79 Å². The molecule has 0 fully saturated rings. The first-order chi connectivity index (χ1) is 10.5. The topological polar surface area (TPSA) is 76.0 Å². The van der Waals surface area contributed by atoms with E-state index in [9.17, 15) is 14.7 Å². The lowest BCUT2D eigenvalue weighted by molar-refractivity contribution is -0.115. The largest absolute Gasteiger partial charge is 0.512 e. The summed E-state index contributed by atoms with van der Waals surface area (Å²) in [4.78, 5) is 29.1. The first-order valence-electron chi connectivity index (χ1n) is 7.22. The van der Waals surface area contributed by atoms with Crippen molar-refractivity contribution in [1.29, 1.82) is 0 Å². The van der Waals surface area contributed by atoms with E-state index in [4.69, 9.17) is 4.74 Å². The van der Waals surface area contributed by atoms with Gasteiger partial charge in [0.15, 0.2) is 5.78 Å². The van der Waals surface area contributed by atoms with Crippen LogP contribution in [0.2, 0.25) is 0 Å². The van der Waals surface area contributed by atoms with Crippen molar-refractivity contribution in [2.45, 2.75) is 40.0 Å². The van der Waals surface area contributed by atoms with Gasteiger partial charge in [-0.1, -0.05) is 0 Å². The van der Waals surface area contributed by atoms with Crippen LogP contribution in [0.3, 0.4) is 0 Å². The third kappa shape index (κ3) is 3.27. The fourth-order valence-corrected chi connectivity index (χ4v) is 3.25. The number of aliphatic hydroxyl groups is 1. The fourth-order valence-electron chi connectivity index (χ4n) is 2.26. The molecule has 5 nitrogen and oxygen atoms in total. The standard InChI is InChI=1S/C16H19NO4S/c1-4-21-16(20)14-9(2)10(3)22-15(14)17-8-11-12(18)6-5-7-13(11)19/h8,18H,4-7H2,1-3H3. The molecule has 6 heteroatoms. The maximum Gasteiger partial charge on any atom is 0.341 e. The van der Waals surface area contributed by atoms with Crippen LogP contribution in [0.25, 0.3) is 0 Å². The van der Waals surface area contributed by atoms with Crippen molar-refractivity contribution in [2.24, 2.45) is 4.99 Å². The fraction of sp³-hybridized carbons (Fsp3) is 0.438. The lowest BCUT2D eigenvalue weighted by Crippen LogP contribution is -2.12. The molecule has 1 aromatic heterocycles. The first kappa shape index (κ1) is 16.4. The third-order valence-electron chi connectivity index (χ3n) is 3.59.